The van der Waals surface area contributed by atoms with Gasteiger partial charge in [0, 0.05) is 16.8 Å². The van der Waals surface area contributed by atoms with Crippen LogP contribution >= 0.6 is 0 Å². The number of amides is 1. The molecule has 1 amide bonds. The van der Waals surface area contributed by atoms with Gasteiger partial charge in [0.05, 0.1) is 0 Å². The number of benzene rings is 3. The standard InChI is InChI=1S/C24H22N2O2/c1-15(2)17-10-11-22-21(14-17)26-24(28-22)19-8-5-9-20(13-19)25-23(27)18-7-4-6-16(3)12-18/h4-15H,1-3H3,(H,25,27). The van der Waals surface area contributed by atoms with Crippen molar-refractivity contribution < 1.29 is 9.21 Å². The van der Waals surface area contributed by atoms with E-state index in [0.717, 1.165) is 22.2 Å². The minimum absolute atomic E-state index is 0.139. The fourth-order valence-electron chi connectivity index (χ4n) is 3.15. The number of rotatable bonds is 4. The van der Waals surface area contributed by atoms with Gasteiger partial charge in [-0.1, -0.05) is 43.7 Å². The number of carbonyl (C=O) groups is 1. The van der Waals surface area contributed by atoms with Gasteiger partial charge in [0.2, 0.25) is 5.89 Å². The van der Waals surface area contributed by atoms with Crippen LogP contribution in [0.2, 0.25) is 0 Å². The third-order valence-corrected chi connectivity index (χ3v) is 4.73. The van der Waals surface area contributed by atoms with E-state index in [2.05, 4.69) is 36.3 Å². The van der Waals surface area contributed by atoms with Crippen LogP contribution in [0, 0.1) is 6.92 Å². The van der Waals surface area contributed by atoms with Crippen LogP contribution in [0.4, 0.5) is 5.69 Å². The lowest BCUT2D eigenvalue weighted by molar-refractivity contribution is 0.102. The second-order valence-corrected chi connectivity index (χ2v) is 7.31. The average molecular weight is 370 g/mol. The van der Waals surface area contributed by atoms with E-state index in [-0.39, 0.29) is 5.91 Å². The summed E-state index contributed by atoms with van der Waals surface area (Å²) in [6.07, 6.45) is 0. The SMILES string of the molecule is Cc1cccc(C(=O)Nc2cccc(-c3nc4cc(C(C)C)ccc4o3)c2)c1. The van der Waals surface area contributed by atoms with Crippen LogP contribution in [0.5, 0.6) is 0 Å². The molecule has 0 aliphatic heterocycles. The molecule has 4 nitrogen and oxygen atoms in total. The predicted octanol–water partition coefficient (Wildman–Crippen LogP) is 6.18. The van der Waals surface area contributed by atoms with Gasteiger partial charge in [-0.2, -0.15) is 0 Å². The molecule has 0 fully saturated rings. The minimum Gasteiger partial charge on any atom is -0.436 e. The number of hydrogen-bond acceptors (Lipinski definition) is 3. The lowest BCUT2D eigenvalue weighted by Gasteiger charge is -2.07. The second-order valence-electron chi connectivity index (χ2n) is 7.31. The number of nitrogens with one attached hydrogen (secondary N) is 1. The van der Waals surface area contributed by atoms with Crippen LogP contribution < -0.4 is 5.32 Å². The fraction of sp³-hybridized carbons (Fsp3) is 0.167. The van der Waals surface area contributed by atoms with Crippen LogP contribution in [0.15, 0.2) is 71.1 Å². The maximum absolute atomic E-state index is 12.5. The predicted molar refractivity (Wildman–Crippen MR) is 113 cm³/mol. The Kier molecular flexibility index (Phi) is 4.70. The molecule has 4 rings (SSSR count). The number of carbonyl (C=O) groups excluding carboxylic acids is 1. The molecule has 1 heterocycles. The molecule has 1 aromatic heterocycles. The fourth-order valence-corrected chi connectivity index (χ4v) is 3.15. The van der Waals surface area contributed by atoms with Crippen molar-refractivity contribution in [3.63, 3.8) is 0 Å². The number of fused-ring (bicyclic) bond motifs is 1. The summed E-state index contributed by atoms with van der Waals surface area (Å²) in [7, 11) is 0. The van der Waals surface area contributed by atoms with Gasteiger partial charge in [0.1, 0.15) is 5.52 Å². The molecule has 28 heavy (non-hydrogen) atoms. The highest BCUT2D eigenvalue weighted by atomic mass is 16.3. The summed E-state index contributed by atoms with van der Waals surface area (Å²) in [5.74, 6) is 0.840. The normalized spacial score (nSPS) is 11.1. The van der Waals surface area contributed by atoms with Gasteiger partial charge in [0.25, 0.3) is 5.91 Å². The van der Waals surface area contributed by atoms with Gasteiger partial charge in [0.15, 0.2) is 5.58 Å². The molecule has 0 unspecified atom stereocenters. The molecule has 0 aliphatic rings. The largest absolute Gasteiger partial charge is 0.436 e. The third-order valence-electron chi connectivity index (χ3n) is 4.73. The van der Waals surface area contributed by atoms with E-state index in [1.54, 1.807) is 6.07 Å². The maximum atomic E-state index is 12.5. The van der Waals surface area contributed by atoms with E-state index in [1.807, 2.05) is 55.5 Å². The van der Waals surface area contributed by atoms with Crippen LogP contribution in [-0.2, 0) is 0 Å². The van der Waals surface area contributed by atoms with E-state index in [4.69, 9.17) is 4.42 Å². The monoisotopic (exact) mass is 370 g/mol. The number of aryl methyl sites for hydroxylation is 1. The zero-order valence-electron chi connectivity index (χ0n) is 16.2. The lowest BCUT2D eigenvalue weighted by atomic mass is 10.0. The molecule has 3 aromatic carbocycles. The van der Waals surface area contributed by atoms with Gasteiger partial charge >= 0.3 is 0 Å². The number of hydrogen-bond donors (Lipinski definition) is 1. The first-order valence-corrected chi connectivity index (χ1v) is 9.38. The molecular formula is C24H22N2O2. The van der Waals surface area contributed by atoms with Crippen LogP contribution in [0.25, 0.3) is 22.6 Å². The summed E-state index contributed by atoms with van der Waals surface area (Å²) in [5.41, 5.74) is 6.04. The second kappa shape index (κ2) is 7.31. The van der Waals surface area contributed by atoms with Crippen molar-refractivity contribution in [1.82, 2.24) is 4.98 Å². The van der Waals surface area contributed by atoms with Crippen molar-refractivity contribution in [1.29, 1.82) is 0 Å². The number of oxazole rings is 1. The van der Waals surface area contributed by atoms with Crippen molar-refractivity contribution in [3.05, 3.63) is 83.4 Å². The minimum atomic E-state index is -0.139. The Hall–Kier alpha value is -3.40. The Bertz CT molecular complexity index is 1160. The van der Waals surface area contributed by atoms with Crippen LogP contribution in [0.1, 0.15) is 41.3 Å². The van der Waals surface area contributed by atoms with Crippen LogP contribution in [-0.4, -0.2) is 10.9 Å². The first kappa shape index (κ1) is 18.0. The highest BCUT2D eigenvalue weighted by Gasteiger charge is 2.12. The quantitative estimate of drug-likeness (QED) is 0.467. The summed E-state index contributed by atoms with van der Waals surface area (Å²) < 4.78 is 5.93. The van der Waals surface area contributed by atoms with E-state index in [0.29, 0.717) is 23.1 Å². The molecule has 0 radical (unpaired) electrons. The molecule has 0 saturated heterocycles. The molecule has 0 saturated carbocycles. The van der Waals surface area contributed by atoms with E-state index in [1.165, 1.54) is 5.56 Å². The summed E-state index contributed by atoms with van der Waals surface area (Å²) >= 11 is 0. The number of anilines is 1. The summed E-state index contributed by atoms with van der Waals surface area (Å²) in [5, 5.41) is 2.95. The number of nitrogens with zero attached hydrogens (tertiary/aromatic N) is 1. The molecule has 0 spiro atoms. The Morgan fingerprint density at radius 3 is 2.61 bits per heavy atom. The molecular weight excluding hydrogens is 348 g/mol. The van der Waals surface area contributed by atoms with Crippen molar-refractivity contribution in [2.24, 2.45) is 0 Å². The Labute approximate surface area is 164 Å². The summed E-state index contributed by atoms with van der Waals surface area (Å²) in [4.78, 5) is 17.1. The summed E-state index contributed by atoms with van der Waals surface area (Å²) in [6.45, 7) is 6.28. The van der Waals surface area contributed by atoms with Crippen molar-refractivity contribution in [2.75, 3.05) is 5.32 Å². The van der Waals surface area contributed by atoms with Gasteiger partial charge in [-0.25, -0.2) is 4.98 Å². The van der Waals surface area contributed by atoms with Gasteiger partial charge in [-0.15, -0.1) is 0 Å². The summed E-state index contributed by atoms with van der Waals surface area (Å²) in [6, 6.07) is 21.2. The first-order valence-electron chi connectivity index (χ1n) is 9.38. The molecule has 0 aliphatic carbocycles. The van der Waals surface area contributed by atoms with E-state index < -0.39 is 0 Å². The molecule has 0 bridgehead atoms. The topological polar surface area (TPSA) is 55.1 Å². The van der Waals surface area contributed by atoms with Crippen molar-refractivity contribution in [2.45, 2.75) is 26.7 Å². The molecule has 140 valence electrons. The Morgan fingerprint density at radius 2 is 1.82 bits per heavy atom. The van der Waals surface area contributed by atoms with Gasteiger partial charge in [-0.3, -0.25) is 4.79 Å². The average Bonchev–Trinajstić information content (AvgIpc) is 3.11. The Morgan fingerprint density at radius 1 is 1.00 bits per heavy atom. The number of aromatic nitrogens is 1. The first-order chi connectivity index (χ1) is 13.5. The smallest absolute Gasteiger partial charge is 0.255 e. The highest BCUT2D eigenvalue weighted by Crippen LogP contribution is 2.28. The third kappa shape index (κ3) is 3.67. The molecule has 4 heteroatoms. The van der Waals surface area contributed by atoms with Crippen LogP contribution in [0.3, 0.4) is 0 Å². The Balaban J connectivity index is 1.61. The zero-order valence-corrected chi connectivity index (χ0v) is 16.2. The molecule has 0 atom stereocenters. The zero-order chi connectivity index (χ0) is 19.7. The maximum Gasteiger partial charge on any atom is 0.255 e. The van der Waals surface area contributed by atoms with E-state index >= 15 is 0 Å². The van der Waals surface area contributed by atoms with Crippen molar-refractivity contribution in [3.8, 4) is 11.5 Å². The highest BCUT2D eigenvalue weighted by molar-refractivity contribution is 6.04. The van der Waals surface area contributed by atoms with Crippen molar-refractivity contribution >= 4 is 22.7 Å². The van der Waals surface area contributed by atoms with Gasteiger partial charge in [-0.05, 0) is 60.9 Å². The molecule has 1 N–H and O–H groups in total. The van der Waals surface area contributed by atoms with Gasteiger partial charge < -0.3 is 9.73 Å². The molecule has 4 aromatic rings. The lowest BCUT2D eigenvalue weighted by Crippen LogP contribution is -2.11. The van der Waals surface area contributed by atoms with E-state index in [9.17, 15) is 4.79 Å².